The molecule has 0 bridgehead atoms. The number of halogens is 3. The molecule has 0 spiro atoms. The Bertz CT molecular complexity index is 928. The minimum Gasteiger partial charge on any atom is -0.461 e. The van der Waals surface area contributed by atoms with Crippen molar-refractivity contribution in [1.29, 1.82) is 0 Å². The Morgan fingerprint density at radius 1 is 1.07 bits per heavy atom. The number of rotatable bonds is 5. The number of carbonyl (C=O) groups is 1. The van der Waals surface area contributed by atoms with Gasteiger partial charge in [0.05, 0.1) is 0 Å². The van der Waals surface area contributed by atoms with Crippen LogP contribution in [-0.4, -0.2) is 21.9 Å². The molecule has 0 aliphatic heterocycles. The van der Waals surface area contributed by atoms with Crippen LogP contribution < -0.4 is 15.4 Å². The van der Waals surface area contributed by atoms with Crippen LogP contribution in [0.2, 0.25) is 10.3 Å². The van der Waals surface area contributed by atoms with E-state index in [0.29, 0.717) is 22.3 Å². The molecule has 3 aromatic rings. The summed E-state index contributed by atoms with van der Waals surface area (Å²) in [5.41, 5.74) is 1.88. The number of hydrogen-bond donors (Lipinski definition) is 2. The van der Waals surface area contributed by atoms with E-state index >= 15 is 0 Å². The molecule has 1 aromatic heterocycles. The van der Waals surface area contributed by atoms with E-state index in [1.165, 1.54) is 13.3 Å². The van der Waals surface area contributed by atoms with Gasteiger partial charge in [0.1, 0.15) is 12.1 Å². The van der Waals surface area contributed by atoms with Gasteiger partial charge in [-0.05, 0) is 48.5 Å². The van der Waals surface area contributed by atoms with Gasteiger partial charge in [-0.2, -0.15) is 0 Å². The molecule has 0 aliphatic carbocycles. The second kappa shape index (κ2) is 8.28. The van der Waals surface area contributed by atoms with E-state index in [1.807, 2.05) is 0 Å². The highest BCUT2D eigenvalue weighted by Crippen LogP contribution is 2.24. The number of anilines is 2. The van der Waals surface area contributed by atoms with E-state index in [9.17, 15) is 9.18 Å². The molecule has 0 saturated carbocycles. The number of alkyl halides is 1. The first kappa shape index (κ1) is 19.0. The van der Waals surface area contributed by atoms with Crippen molar-refractivity contribution in [2.24, 2.45) is 0 Å². The van der Waals surface area contributed by atoms with Gasteiger partial charge in [0.25, 0.3) is 0 Å². The molecule has 0 saturated heterocycles. The summed E-state index contributed by atoms with van der Waals surface area (Å²) in [7, 11) is 0. The number of nitrogens with one attached hydrogen (secondary N) is 2. The Balaban J connectivity index is 1.60. The van der Waals surface area contributed by atoms with Crippen molar-refractivity contribution in [1.82, 2.24) is 9.55 Å². The standard InChI is InChI=1S/C18H15Cl2FN4O2/c1-11(21)27-15-8-4-13(5-9-15)24-18(26)23-12-2-6-14(7-3-12)25-10-22-16(19)17(25)20/h2-11H,1H3,(H2,23,24,26). The van der Waals surface area contributed by atoms with Crippen LogP contribution >= 0.6 is 23.2 Å². The number of benzene rings is 2. The fraction of sp³-hybridized carbons (Fsp3) is 0.111. The summed E-state index contributed by atoms with van der Waals surface area (Å²) >= 11 is 11.9. The molecule has 2 aromatic carbocycles. The number of imidazole rings is 1. The first-order valence-electron chi connectivity index (χ1n) is 7.90. The highest BCUT2D eigenvalue weighted by molar-refractivity contribution is 6.40. The number of hydrogen-bond acceptors (Lipinski definition) is 3. The van der Waals surface area contributed by atoms with E-state index < -0.39 is 12.4 Å². The van der Waals surface area contributed by atoms with Gasteiger partial charge < -0.3 is 15.4 Å². The fourth-order valence-electron chi connectivity index (χ4n) is 2.29. The molecule has 2 amide bonds. The van der Waals surface area contributed by atoms with Crippen LogP contribution in [0, 0.1) is 0 Å². The molecule has 140 valence electrons. The monoisotopic (exact) mass is 408 g/mol. The molecule has 9 heteroatoms. The van der Waals surface area contributed by atoms with Crippen molar-refractivity contribution in [3.05, 3.63) is 65.2 Å². The fourth-order valence-corrected chi connectivity index (χ4v) is 2.62. The summed E-state index contributed by atoms with van der Waals surface area (Å²) in [6.45, 7) is 1.29. The molecule has 27 heavy (non-hydrogen) atoms. The van der Waals surface area contributed by atoms with Gasteiger partial charge in [0, 0.05) is 24.0 Å². The highest BCUT2D eigenvalue weighted by atomic mass is 35.5. The summed E-state index contributed by atoms with van der Waals surface area (Å²) < 4.78 is 19.3. The number of aromatic nitrogens is 2. The second-order valence-corrected chi connectivity index (χ2v) is 6.22. The molecule has 1 heterocycles. The van der Waals surface area contributed by atoms with Crippen molar-refractivity contribution >= 4 is 40.6 Å². The van der Waals surface area contributed by atoms with Crippen LogP contribution in [0.5, 0.6) is 5.75 Å². The lowest BCUT2D eigenvalue weighted by atomic mass is 10.2. The molecule has 0 aliphatic rings. The predicted molar refractivity (Wildman–Crippen MR) is 104 cm³/mol. The van der Waals surface area contributed by atoms with Crippen molar-refractivity contribution in [2.45, 2.75) is 13.3 Å². The van der Waals surface area contributed by atoms with Gasteiger partial charge in [-0.15, -0.1) is 0 Å². The number of carbonyl (C=O) groups excluding carboxylic acids is 1. The average molecular weight is 409 g/mol. The topological polar surface area (TPSA) is 68.2 Å². The third kappa shape index (κ3) is 4.90. The van der Waals surface area contributed by atoms with Gasteiger partial charge in [0.15, 0.2) is 10.3 Å². The highest BCUT2D eigenvalue weighted by Gasteiger charge is 2.09. The first-order chi connectivity index (χ1) is 12.9. The molecule has 2 N–H and O–H groups in total. The average Bonchev–Trinajstić information content (AvgIpc) is 2.96. The molecule has 0 fully saturated rings. The number of ether oxygens (including phenoxy) is 1. The summed E-state index contributed by atoms with van der Waals surface area (Å²) in [5.74, 6) is 0.379. The quantitative estimate of drug-likeness (QED) is 0.583. The van der Waals surface area contributed by atoms with E-state index in [1.54, 1.807) is 53.1 Å². The van der Waals surface area contributed by atoms with E-state index in [0.717, 1.165) is 5.69 Å². The molecular weight excluding hydrogens is 394 g/mol. The largest absolute Gasteiger partial charge is 0.461 e. The minimum atomic E-state index is -1.40. The van der Waals surface area contributed by atoms with Crippen LogP contribution in [-0.2, 0) is 0 Å². The number of urea groups is 1. The SMILES string of the molecule is CC(F)Oc1ccc(NC(=O)Nc2ccc(-n3cnc(Cl)c3Cl)cc2)cc1. The van der Waals surface area contributed by atoms with Gasteiger partial charge in [-0.1, -0.05) is 23.2 Å². The lowest BCUT2D eigenvalue weighted by Crippen LogP contribution is -2.19. The van der Waals surface area contributed by atoms with Crippen molar-refractivity contribution in [2.75, 3.05) is 10.6 Å². The van der Waals surface area contributed by atoms with Crippen LogP contribution in [0.15, 0.2) is 54.9 Å². The Morgan fingerprint density at radius 2 is 1.63 bits per heavy atom. The summed E-state index contributed by atoms with van der Waals surface area (Å²) in [4.78, 5) is 16.0. The zero-order valence-electron chi connectivity index (χ0n) is 14.1. The van der Waals surface area contributed by atoms with E-state index in [-0.39, 0.29) is 5.15 Å². The smallest absolute Gasteiger partial charge is 0.323 e. The maximum absolute atomic E-state index is 12.8. The third-order valence-electron chi connectivity index (χ3n) is 3.48. The van der Waals surface area contributed by atoms with Crippen molar-refractivity contribution in [3.63, 3.8) is 0 Å². The second-order valence-electron chi connectivity index (χ2n) is 5.51. The van der Waals surface area contributed by atoms with Crippen LogP contribution in [0.3, 0.4) is 0 Å². The maximum Gasteiger partial charge on any atom is 0.323 e. The zero-order valence-corrected chi connectivity index (χ0v) is 15.6. The summed E-state index contributed by atoms with van der Waals surface area (Å²) in [5, 5.41) is 5.92. The minimum absolute atomic E-state index is 0.218. The maximum atomic E-state index is 12.8. The lowest BCUT2D eigenvalue weighted by Gasteiger charge is -2.10. The Hall–Kier alpha value is -2.77. The third-order valence-corrected chi connectivity index (χ3v) is 4.22. The Kier molecular flexibility index (Phi) is 5.83. The normalized spacial score (nSPS) is 11.7. The molecule has 0 radical (unpaired) electrons. The van der Waals surface area contributed by atoms with Crippen molar-refractivity contribution < 1.29 is 13.9 Å². The molecule has 1 atom stereocenters. The lowest BCUT2D eigenvalue weighted by molar-refractivity contribution is 0.0861. The molecular formula is C18H15Cl2FN4O2. The summed E-state index contributed by atoms with van der Waals surface area (Å²) in [6.07, 6.45) is 0.111. The Labute approximate surface area is 164 Å². The number of amides is 2. The number of nitrogens with zero attached hydrogens (tertiary/aromatic N) is 2. The van der Waals surface area contributed by atoms with Gasteiger partial charge in [0.2, 0.25) is 6.36 Å². The predicted octanol–water partition coefficient (Wildman–Crippen LogP) is 5.52. The summed E-state index contributed by atoms with van der Waals surface area (Å²) in [6, 6.07) is 12.9. The van der Waals surface area contributed by atoms with E-state index in [2.05, 4.69) is 15.6 Å². The Morgan fingerprint density at radius 3 is 2.11 bits per heavy atom. The van der Waals surface area contributed by atoms with Crippen LogP contribution in [0.4, 0.5) is 20.6 Å². The molecule has 6 nitrogen and oxygen atoms in total. The molecule has 1 unspecified atom stereocenters. The van der Waals surface area contributed by atoms with E-state index in [4.69, 9.17) is 27.9 Å². The van der Waals surface area contributed by atoms with Crippen LogP contribution in [0.1, 0.15) is 6.92 Å². The van der Waals surface area contributed by atoms with Crippen molar-refractivity contribution in [3.8, 4) is 11.4 Å². The van der Waals surface area contributed by atoms with Gasteiger partial charge in [-0.3, -0.25) is 4.57 Å². The van der Waals surface area contributed by atoms with Crippen LogP contribution in [0.25, 0.3) is 5.69 Å². The first-order valence-corrected chi connectivity index (χ1v) is 8.65. The van der Waals surface area contributed by atoms with Gasteiger partial charge >= 0.3 is 6.03 Å². The molecule has 3 rings (SSSR count). The zero-order chi connectivity index (χ0) is 19.4. The van der Waals surface area contributed by atoms with Gasteiger partial charge in [-0.25, -0.2) is 14.2 Å².